The third-order valence-corrected chi connectivity index (χ3v) is 3.52. The van der Waals surface area contributed by atoms with Gasteiger partial charge in [0, 0.05) is 31.0 Å². The summed E-state index contributed by atoms with van der Waals surface area (Å²) in [5, 5.41) is 8.06. The van der Waals surface area contributed by atoms with Crippen molar-refractivity contribution in [3.63, 3.8) is 0 Å². The van der Waals surface area contributed by atoms with Crippen LogP contribution in [0.1, 0.15) is 56.4 Å². The molecule has 1 N–H and O–H groups in total. The summed E-state index contributed by atoms with van der Waals surface area (Å²) in [6.45, 7) is 9.63. The van der Waals surface area contributed by atoms with E-state index in [4.69, 9.17) is 0 Å². The molecule has 0 atom stereocenters. The van der Waals surface area contributed by atoms with Crippen LogP contribution in [0.15, 0.2) is 30.5 Å². The van der Waals surface area contributed by atoms with E-state index in [1.165, 1.54) is 22.5 Å². The zero-order valence-electron chi connectivity index (χ0n) is 13.1. The first kappa shape index (κ1) is 14.6. The number of rotatable bonds is 5. The standard InChI is InChI=1S/C17H25N3/c1-12(2)14-7-6-8-16(9-14)18-10-15-11-20(5)19-17(15)13(3)4/h6-9,11-13,18H,10H2,1-5H3. The van der Waals surface area contributed by atoms with Crippen LogP contribution in [-0.4, -0.2) is 9.78 Å². The van der Waals surface area contributed by atoms with Crippen molar-refractivity contribution < 1.29 is 0 Å². The van der Waals surface area contributed by atoms with Crippen LogP contribution in [0.25, 0.3) is 0 Å². The van der Waals surface area contributed by atoms with E-state index < -0.39 is 0 Å². The quantitative estimate of drug-likeness (QED) is 0.879. The van der Waals surface area contributed by atoms with Gasteiger partial charge in [0.15, 0.2) is 0 Å². The van der Waals surface area contributed by atoms with Gasteiger partial charge in [0.05, 0.1) is 5.69 Å². The van der Waals surface area contributed by atoms with Gasteiger partial charge in [-0.05, 0) is 29.5 Å². The Balaban J connectivity index is 2.11. The van der Waals surface area contributed by atoms with Gasteiger partial charge in [-0.2, -0.15) is 5.10 Å². The highest BCUT2D eigenvalue weighted by Gasteiger charge is 2.11. The van der Waals surface area contributed by atoms with Crippen LogP contribution < -0.4 is 5.32 Å². The topological polar surface area (TPSA) is 29.9 Å². The SMILES string of the molecule is CC(C)c1cccc(NCc2cn(C)nc2C(C)C)c1. The van der Waals surface area contributed by atoms with Gasteiger partial charge in [0.2, 0.25) is 0 Å². The summed E-state index contributed by atoms with van der Waals surface area (Å²) in [6.07, 6.45) is 2.11. The van der Waals surface area contributed by atoms with Gasteiger partial charge >= 0.3 is 0 Å². The first-order chi connectivity index (χ1) is 9.47. The summed E-state index contributed by atoms with van der Waals surface area (Å²) in [5.74, 6) is 1.01. The van der Waals surface area contributed by atoms with E-state index in [9.17, 15) is 0 Å². The lowest BCUT2D eigenvalue weighted by atomic mass is 10.0. The molecule has 20 heavy (non-hydrogen) atoms. The summed E-state index contributed by atoms with van der Waals surface area (Å²) >= 11 is 0. The van der Waals surface area contributed by atoms with Crippen LogP contribution in [0, 0.1) is 0 Å². The summed E-state index contributed by atoms with van der Waals surface area (Å²) in [6, 6.07) is 8.65. The lowest BCUT2D eigenvalue weighted by Gasteiger charge is -2.11. The molecule has 0 unspecified atom stereocenters. The fourth-order valence-corrected chi connectivity index (χ4v) is 2.38. The first-order valence-electron chi connectivity index (χ1n) is 7.33. The molecule has 2 aromatic rings. The molecule has 1 aromatic carbocycles. The molecular formula is C17H25N3. The van der Waals surface area contributed by atoms with Crippen LogP contribution in [0.4, 0.5) is 5.69 Å². The predicted octanol–water partition coefficient (Wildman–Crippen LogP) is 4.28. The number of anilines is 1. The molecule has 1 heterocycles. The highest BCUT2D eigenvalue weighted by Crippen LogP contribution is 2.21. The van der Waals surface area contributed by atoms with Crippen molar-refractivity contribution in [1.29, 1.82) is 0 Å². The largest absolute Gasteiger partial charge is 0.381 e. The van der Waals surface area contributed by atoms with E-state index in [2.05, 4.69) is 68.6 Å². The molecule has 0 saturated carbocycles. The second-order valence-corrected chi connectivity index (χ2v) is 6.00. The molecule has 3 heteroatoms. The Kier molecular flexibility index (Phi) is 4.48. The normalized spacial score (nSPS) is 11.3. The number of aromatic nitrogens is 2. The minimum Gasteiger partial charge on any atom is -0.381 e. The van der Waals surface area contributed by atoms with E-state index >= 15 is 0 Å². The maximum absolute atomic E-state index is 4.54. The van der Waals surface area contributed by atoms with Crippen LogP contribution in [0.2, 0.25) is 0 Å². The summed E-state index contributed by atoms with van der Waals surface area (Å²) in [7, 11) is 1.98. The molecule has 2 rings (SSSR count). The highest BCUT2D eigenvalue weighted by molar-refractivity contribution is 5.47. The smallest absolute Gasteiger partial charge is 0.0699 e. The molecule has 0 radical (unpaired) electrons. The molecule has 108 valence electrons. The summed E-state index contributed by atoms with van der Waals surface area (Å²) < 4.78 is 1.90. The van der Waals surface area contributed by atoms with Gasteiger partial charge in [0.25, 0.3) is 0 Å². The molecule has 0 bridgehead atoms. The van der Waals surface area contributed by atoms with E-state index in [-0.39, 0.29) is 0 Å². The Labute approximate surface area is 122 Å². The van der Waals surface area contributed by atoms with Crippen molar-refractivity contribution in [3.05, 3.63) is 47.3 Å². The average molecular weight is 271 g/mol. The molecule has 3 nitrogen and oxygen atoms in total. The third kappa shape index (κ3) is 3.41. The Morgan fingerprint density at radius 2 is 1.90 bits per heavy atom. The minimum absolute atomic E-state index is 0.454. The second kappa shape index (κ2) is 6.12. The second-order valence-electron chi connectivity index (χ2n) is 6.00. The number of hydrogen-bond acceptors (Lipinski definition) is 2. The Bertz CT molecular complexity index is 567. The van der Waals surface area contributed by atoms with Gasteiger partial charge in [-0.25, -0.2) is 0 Å². The zero-order chi connectivity index (χ0) is 14.7. The monoisotopic (exact) mass is 271 g/mol. The summed E-state index contributed by atoms with van der Waals surface area (Å²) in [5.41, 5.74) is 5.00. The Morgan fingerprint density at radius 1 is 1.15 bits per heavy atom. The molecule has 0 aliphatic heterocycles. The Morgan fingerprint density at radius 3 is 2.55 bits per heavy atom. The van der Waals surface area contributed by atoms with E-state index in [0.717, 1.165) is 6.54 Å². The van der Waals surface area contributed by atoms with Crippen LogP contribution >= 0.6 is 0 Å². The van der Waals surface area contributed by atoms with Gasteiger partial charge in [-0.15, -0.1) is 0 Å². The highest BCUT2D eigenvalue weighted by atomic mass is 15.3. The lowest BCUT2D eigenvalue weighted by Crippen LogP contribution is -2.03. The fraction of sp³-hybridized carbons (Fsp3) is 0.471. The number of nitrogens with one attached hydrogen (secondary N) is 1. The van der Waals surface area contributed by atoms with Crippen molar-refractivity contribution >= 4 is 5.69 Å². The molecule has 1 aromatic heterocycles. The number of benzene rings is 1. The van der Waals surface area contributed by atoms with E-state index in [0.29, 0.717) is 11.8 Å². The van der Waals surface area contributed by atoms with E-state index in [1.54, 1.807) is 0 Å². The van der Waals surface area contributed by atoms with Crippen molar-refractivity contribution in [3.8, 4) is 0 Å². The zero-order valence-corrected chi connectivity index (χ0v) is 13.1. The van der Waals surface area contributed by atoms with Crippen LogP contribution in [-0.2, 0) is 13.6 Å². The maximum atomic E-state index is 4.54. The molecule has 0 spiro atoms. The molecular weight excluding hydrogens is 246 g/mol. The Hall–Kier alpha value is -1.77. The third-order valence-electron chi connectivity index (χ3n) is 3.52. The lowest BCUT2D eigenvalue weighted by molar-refractivity contribution is 0.712. The average Bonchev–Trinajstić information content (AvgIpc) is 2.78. The first-order valence-corrected chi connectivity index (χ1v) is 7.33. The van der Waals surface area contributed by atoms with Gasteiger partial charge in [0.1, 0.15) is 0 Å². The molecule has 0 aliphatic rings. The summed E-state index contributed by atoms with van der Waals surface area (Å²) in [4.78, 5) is 0. The van der Waals surface area contributed by atoms with Crippen molar-refractivity contribution in [2.45, 2.75) is 46.1 Å². The maximum Gasteiger partial charge on any atom is 0.0699 e. The van der Waals surface area contributed by atoms with Gasteiger partial charge in [-0.3, -0.25) is 4.68 Å². The minimum atomic E-state index is 0.454. The van der Waals surface area contributed by atoms with Crippen LogP contribution in [0.3, 0.4) is 0 Å². The number of aryl methyl sites for hydroxylation is 1. The predicted molar refractivity (Wildman–Crippen MR) is 85.2 cm³/mol. The molecule has 0 saturated heterocycles. The van der Waals surface area contributed by atoms with Gasteiger partial charge < -0.3 is 5.32 Å². The number of hydrogen-bond donors (Lipinski definition) is 1. The van der Waals surface area contributed by atoms with Crippen molar-refractivity contribution in [2.75, 3.05) is 5.32 Å². The molecule has 0 aliphatic carbocycles. The molecule has 0 amide bonds. The van der Waals surface area contributed by atoms with E-state index in [1.807, 2.05) is 11.7 Å². The number of nitrogens with zero attached hydrogens (tertiary/aromatic N) is 2. The van der Waals surface area contributed by atoms with Gasteiger partial charge in [-0.1, -0.05) is 39.8 Å². The fourth-order valence-electron chi connectivity index (χ4n) is 2.38. The van der Waals surface area contributed by atoms with Crippen LogP contribution in [0.5, 0.6) is 0 Å². The van der Waals surface area contributed by atoms with Crippen molar-refractivity contribution in [2.24, 2.45) is 7.05 Å². The molecule has 0 fully saturated rings. The van der Waals surface area contributed by atoms with Crippen molar-refractivity contribution in [1.82, 2.24) is 9.78 Å².